The van der Waals surface area contributed by atoms with Gasteiger partial charge < -0.3 is 9.15 Å². The van der Waals surface area contributed by atoms with Gasteiger partial charge in [0.25, 0.3) is 5.91 Å². The van der Waals surface area contributed by atoms with Gasteiger partial charge in [-0.25, -0.2) is 4.79 Å². The van der Waals surface area contributed by atoms with E-state index in [4.69, 9.17) is 9.15 Å². The number of aryl methyl sites for hydroxylation is 1. The Morgan fingerprint density at radius 3 is 2.37 bits per heavy atom. The topological polar surface area (TPSA) is 76.8 Å². The Morgan fingerprint density at radius 2 is 1.71 bits per heavy atom. The van der Waals surface area contributed by atoms with Crippen LogP contribution in [-0.4, -0.2) is 18.5 Å². The van der Waals surface area contributed by atoms with E-state index in [0.29, 0.717) is 27.8 Å². The standard InChI is InChI=1S/C28H22BrNO5/c1-3-16-5-7-17(8-6-16)24-23-25(31)21-15-19(29)11-14-22(21)35-26(23)27(32)30(24)20-12-9-18(10-13-20)28(33)34-4-2/h5-15,24H,3-4H2,1-2H3. The van der Waals surface area contributed by atoms with Crippen molar-refractivity contribution in [3.8, 4) is 0 Å². The molecule has 0 fully saturated rings. The lowest BCUT2D eigenvalue weighted by molar-refractivity contribution is 0.0526. The molecule has 176 valence electrons. The van der Waals surface area contributed by atoms with Crippen molar-refractivity contribution in [1.82, 2.24) is 0 Å². The molecular formula is C28H22BrNO5. The van der Waals surface area contributed by atoms with E-state index in [0.717, 1.165) is 22.0 Å². The molecule has 0 radical (unpaired) electrons. The molecule has 4 aromatic rings. The summed E-state index contributed by atoms with van der Waals surface area (Å²) in [4.78, 5) is 41.0. The number of hydrogen-bond acceptors (Lipinski definition) is 5. The Kier molecular flexibility index (Phi) is 6.03. The van der Waals surface area contributed by atoms with Crippen molar-refractivity contribution in [1.29, 1.82) is 0 Å². The van der Waals surface area contributed by atoms with Gasteiger partial charge in [-0.15, -0.1) is 0 Å². The highest BCUT2D eigenvalue weighted by Crippen LogP contribution is 2.41. The maximum Gasteiger partial charge on any atom is 0.338 e. The average molecular weight is 532 g/mol. The third kappa shape index (κ3) is 3.96. The second-order valence-corrected chi connectivity index (χ2v) is 9.17. The first kappa shape index (κ1) is 23.1. The molecule has 2 heterocycles. The van der Waals surface area contributed by atoms with Gasteiger partial charge in [-0.3, -0.25) is 14.5 Å². The summed E-state index contributed by atoms with van der Waals surface area (Å²) >= 11 is 3.42. The van der Waals surface area contributed by atoms with Crippen LogP contribution in [0.1, 0.15) is 57.5 Å². The molecule has 1 unspecified atom stereocenters. The van der Waals surface area contributed by atoms with Crippen LogP contribution in [0.25, 0.3) is 11.0 Å². The van der Waals surface area contributed by atoms with Crippen molar-refractivity contribution in [3.63, 3.8) is 0 Å². The van der Waals surface area contributed by atoms with Crippen molar-refractivity contribution in [3.05, 3.63) is 109 Å². The van der Waals surface area contributed by atoms with Crippen LogP contribution in [0.3, 0.4) is 0 Å². The van der Waals surface area contributed by atoms with E-state index >= 15 is 0 Å². The molecule has 0 aliphatic carbocycles. The third-order valence-electron chi connectivity index (χ3n) is 6.19. The molecule has 0 N–H and O–H groups in total. The summed E-state index contributed by atoms with van der Waals surface area (Å²) in [5.41, 5.74) is 3.29. The molecule has 1 atom stereocenters. The van der Waals surface area contributed by atoms with E-state index in [2.05, 4.69) is 22.9 Å². The average Bonchev–Trinajstić information content (AvgIpc) is 3.17. The minimum absolute atomic E-state index is 0.0314. The molecule has 0 spiro atoms. The number of carbonyl (C=O) groups is 2. The number of ether oxygens (including phenoxy) is 1. The first-order chi connectivity index (χ1) is 16.9. The number of anilines is 1. The van der Waals surface area contributed by atoms with Gasteiger partial charge in [-0.05, 0) is 66.9 Å². The van der Waals surface area contributed by atoms with Crippen molar-refractivity contribution in [2.24, 2.45) is 0 Å². The molecule has 1 aromatic heterocycles. The van der Waals surface area contributed by atoms with Crippen LogP contribution in [0.15, 0.2) is 80.4 Å². The second-order valence-electron chi connectivity index (χ2n) is 8.25. The van der Waals surface area contributed by atoms with E-state index in [9.17, 15) is 14.4 Å². The molecule has 1 aliphatic heterocycles. The van der Waals surface area contributed by atoms with E-state index in [1.54, 1.807) is 54.3 Å². The number of fused-ring (bicyclic) bond motifs is 2. The quantitative estimate of drug-likeness (QED) is 0.293. The molecule has 7 heteroatoms. The summed E-state index contributed by atoms with van der Waals surface area (Å²) in [6.45, 7) is 4.08. The van der Waals surface area contributed by atoms with Crippen LogP contribution in [0.4, 0.5) is 5.69 Å². The predicted octanol–water partition coefficient (Wildman–Crippen LogP) is 6.04. The Balaban J connectivity index is 1.70. The summed E-state index contributed by atoms with van der Waals surface area (Å²) in [5.74, 6) is -0.810. The van der Waals surface area contributed by atoms with Crippen LogP contribution in [0, 0.1) is 0 Å². The first-order valence-corrected chi connectivity index (χ1v) is 12.2. The van der Waals surface area contributed by atoms with Gasteiger partial charge in [-0.2, -0.15) is 0 Å². The molecule has 0 saturated heterocycles. The fourth-order valence-corrected chi connectivity index (χ4v) is 4.80. The normalized spacial score (nSPS) is 14.9. The Morgan fingerprint density at radius 1 is 1.00 bits per heavy atom. The number of carbonyl (C=O) groups excluding carboxylic acids is 2. The molecule has 1 aliphatic rings. The molecule has 35 heavy (non-hydrogen) atoms. The molecule has 3 aromatic carbocycles. The number of halogens is 1. The zero-order valence-corrected chi connectivity index (χ0v) is 20.8. The van der Waals surface area contributed by atoms with Crippen molar-refractivity contribution < 1.29 is 18.7 Å². The Hall–Kier alpha value is -3.71. The van der Waals surface area contributed by atoms with Gasteiger partial charge in [0.2, 0.25) is 5.76 Å². The Bertz CT molecular complexity index is 1510. The molecule has 1 amide bonds. The third-order valence-corrected chi connectivity index (χ3v) is 6.69. The van der Waals surface area contributed by atoms with Crippen molar-refractivity contribution >= 4 is 44.5 Å². The van der Waals surface area contributed by atoms with Gasteiger partial charge >= 0.3 is 5.97 Å². The van der Waals surface area contributed by atoms with Gasteiger partial charge in [-0.1, -0.05) is 47.1 Å². The zero-order valence-electron chi connectivity index (χ0n) is 19.2. The van der Waals surface area contributed by atoms with Crippen molar-refractivity contribution in [2.45, 2.75) is 26.3 Å². The van der Waals surface area contributed by atoms with Crippen LogP contribution in [-0.2, 0) is 11.2 Å². The number of nitrogens with zero attached hydrogens (tertiary/aromatic N) is 1. The highest BCUT2D eigenvalue weighted by atomic mass is 79.9. The largest absolute Gasteiger partial charge is 0.462 e. The summed E-state index contributed by atoms with van der Waals surface area (Å²) in [5, 5.41) is 0.403. The fraction of sp³-hybridized carbons (Fsp3) is 0.179. The number of benzene rings is 3. The molecule has 0 saturated carbocycles. The van der Waals surface area contributed by atoms with Crippen LogP contribution in [0.5, 0.6) is 0 Å². The summed E-state index contributed by atoms with van der Waals surface area (Å²) < 4.78 is 11.8. The monoisotopic (exact) mass is 531 g/mol. The summed E-state index contributed by atoms with van der Waals surface area (Å²) in [6, 6.07) is 19.0. The van der Waals surface area contributed by atoms with E-state index in [-0.39, 0.29) is 17.8 Å². The van der Waals surface area contributed by atoms with Crippen molar-refractivity contribution in [2.75, 3.05) is 11.5 Å². The van der Waals surface area contributed by atoms with Crippen LogP contribution >= 0.6 is 15.9 Å². The lowest BCUT2D eigenvalue weighted by atomic mass is 9.97. The Labute approximate surface area is 210 Å². The SMILES string of the molecule is CCOC(=O)c1ccc(N2C(=O)c3oc4ccc(Br)cc4c(=O)c3C2c2ccc(CC)cc2)cc1. The maximum absolute atomic E-state index is 13.7. The molecule has 0 bridgehead atoms. The number of rotatable bonds is 5. The van der Waals surface area contributed by atoms with E-state index < -0.39 is 17.9 Å². The molecule has 5 rings (SSSR count). The number of hydrogen-bond donors (Lipinski definition) is 0. The second kappa shape index (κ2) is 9.15. The van der Waals surface area contributed by atoms with E-state index in [1.807, 2.05) is 24.3 Å². The number of amides is 1. The minimum atomic E-state index is -0.670. The maximum atomic E-state index is 13.7. The molecule has 6 nitrogen and oxygen atoms in total. The zero-order chi connectivity index (χ0) is 24.7. The highest BCUT2D eigenvalue weighted by molar-refractivity contribution is 9.10. The lowest BCUT2D eigenvalue weighted by Crippen LogP contribution is -2.29. The lowest BCUT2D eigenvalue weighted by Gasteiger charge is -2.25. The molecular weight excluding hydrogens is 510 g/mol. The van der Waals surface area contributed by atoms with E-state index in [1.165, 1.54) is 0 Å². The van der Waals surface area contributed by atoms with Gasteiger partial charge in [0.1, 0.15) is 5.58 Å². The fourth-order valence-electron chi connectivity index (χ4n) is 4.43. The van der Waals surface area contributed by atoms with Gasteiger partial charge in [0.05, 0.1) is 29.2 Å². The highest BCUT2D eigenvalue weighted by Gasteiger charge is 2.43. The van der Waals surface area contributed by atoms with Gasteiger partial charge in [0.15, 0.2) is 5.43 Å². The summed E-state index contributed by atoms with van der Waals surface area (Å²) in [7, 11) is 0. The number of esters is 1. The van der Waals surface area contributed by atoms with Crippen LogP contribution in [0.2, 0.25) is 0 Å². The minimum Gasteiger partial charge on any atom is -0.462 e. The first-order valence-electron chi connectivity index (χ1n) is 11.4. The predicted molar refractivity (Wildman–Crippen MR) is 137 cm³/mol. The summed E-state index contributed by atoms with van der Waals surface area (Å²) in [6.07, 6.45) is 0.875. The smallest absolute Gasteiger partial charge is 0.338 e. The van der Waals surface area contributed by atoms with Crippen LogP contribution < -0.4 is 10.3 Å². The van der Waals surface area contributed by atoms with Gasteiger partial charge in [0, 0.05) is 10.2 Å².